The van der Waals surface area contributed by atoms with Crippen LogP contribution in [-0.2, 0) is 25.7 Å². The molecule has 160 valence electrons. The van der Waals surface area contributed by atoms with Crippen LogP contribution in [0.15, 0.2) is 42.0 Å². The highest BCUT2D eigenvalue weighted by molar-refractivity contribution is 5.72. The van der Waals surface area contributed by atoms with Gasteiger partial charge in [-0.15, -0.1) is 0 Å². The maximum atomic E-state index is 5.68. The smallest absolute Gasteiger partial charge is 0.122 e. The Morgan fingerprint density at radius 1 is 0.967 bits per heavy atom. The number of benzene rings is 2. The Hall–Kier alpha value is -2.06. The first kappa shape index (κ1) is 21.2. The summed E-state index contributed by atoms with van der Waals surface area (Å²) in [6, 6.07) is 13.9. The summed E-state index contributed by atoms with van der Waals surface area (Å²) >= 11 is 0. The molecule has 1 fully saturated rings. The summed E-state index contributed by atoms with van der Waals surface area (Å²) in [6.45, 7) is 10.6. The summed E-state index contributed by atoms with van der Waals surface area (Å²) in [5.41, 5.74) is 10.3. The summed E-state index contributed by atoms with van der Waals surface area (Å²) in [6.07, 6.45) is 6.80. The minimum Gasteiger partial charge on any atom is -0.496 e. The SMILES string of the molecule is CCCc1ccc(CCc2ccc3c(c2)CCC(CN2CC(C)C2)=C3C)c(OC)c1. The third kappa shape index (κ3) is 4.64. The maximum absolute atomic E-state index is 5.68. The highest BCUT2D eigenvalue weighted by Gasteiger charge is 2.25. The Labute approximate surface area is 182 Å². The maximum Gasteiger partial charge on any atom is 0.122 e. The number of allylic oxidation sites excluding steroid dienone is 1. The molecule has 2 aromatic carbocycles. The fraction of sp³-hybridized carbons (Fsp3) is 0.500. The lowest BCUT2D eigenvalue weighted by molar-refractivity contribution is 0.125. The highest BCUT2D eigenvalue weighted by Crippen LogP contribution is 2.33. The van der Waals surface area contributed by atoms with E-state index in [9.17, 15) is 0 Å². The van der Waals surface area contributed by atoms with Crippen LogP contribution in [0.4, 0.5) is 0 Å². The average molecular weight is 404 g/mol. The van der Waals surface area contributed by atoms with Gasteiger partial charge in [-0.25, -0.2) is 0 Å². The zero-order chi connectivity index (χ0) is 21.1. The lowest BCUT2D eigenvalue weighted by atomic mass is 9.84. The van der Waals surface area contributed by atoms with Crippen LogP contribution in [0, 0.1) is 5.92 Å². The first-order valence-corrected chi connectivity index (χ1v) is 11.8. The van der Waals surface area contributed by atoms with Crippen molar-refractivity contribution < 1.29 is 4.74 Å². The number of hydrogen-bond donors (Lipinski definition) is 0. The molecule has 2 nitrogen and oxygen atoms in total. The molecule has 0 amide bonds. The van der Waals surface area contributed by atoms with Crippen LogP contribution in [-0.4, -0.2) is 31.6 Å². The number of fused-ring (bicyclic) bond motifs is 1. The van der Waals surface area contributed by atoms with E-state index in [-0.39, 0.29) is 0 Å². The van der Waals surface area contributed by atoms with Gasteiger partial charge in [-0.1, -0.05) is 56.2 Å². The van der Waals surface area contributed by atoms with Gasteiger partial charge in [0.05, 0.1) is 7.11 Å². The molecule has 2 heteroatoms. The zero-order valence-electron chi connectivity index (χ0n) is 19.3. The second kappa shape index (κ2) is 9.39. The normalized spacial score (nSPS) is 17.1. The molecule has 1 saturated heterocycles. The predicted molar refractivity (Wildman–Crippen MR) is 127 cm³/mol. The molecule has 0 unspecified atom stereocenters. The number of nitrogens with zero attached hydrogens (tertiary/aromatic N) is 1. The van der Waals surface area contributed by atoms with Gasteiger partial charge in [0.25, 0.3) is 0 Å². The topological polar surface area (TPSA) is 12.5 Å². The summed E-state index contributed by atoms with van der Waals surface area (Å²) < 4.78 is 5.68. The Kier molecular flexibility index (Phi) is 6.63. The van der Waals surface area contributed by atoms with E-state index in [0.29, 0.717) is 0 Å². The van der Waals surface area contributed by atoms with Crippen molar-refractivity contribution in [1.82, 2.24) is 4.90 Å². The van der Waals surface area contributed by atoms with Crippen LogP contribution in [0.3, 0.4) is 0 Å². The molecule has 30 heavy (non-hydrogen) atoms. The molecule has 1 aliphatic carbocycles. The number of likely N-dealkylation sites (tertiary alicyclic amines) is 1. The summed E-state index contributed by atoms with van der Waals surface area (Å²) in [5.74, 6) is 1.92. The van der Waals surface area contributed by atoms with Crippen molar-refractivity contribution >= 4 is 5.57 Å². The molecular weight excluding hydrogens is 366 g/mol. The molecule has 1 aliphatic heterocycles. The Morgan fingerprint density at radius 3 is 2.47 bits per heavy atom. The molecule has 2 aromatic rings. The second-order valence-electron chi connectivity index (χ2n) is 9.42. The van der Waals surface area contributed by atoms with Crippen molar-refractivity contribution in [3.63, 3.8) is 0 Å². The second-order valence-corrected chi connectivity index (χ2v) is 9.42. The number of hydrogen-bond acceptors (Lipinski definition) is 2. The van der Waals surface area contributed by atoms with Gasteiger partial charge in [-0.3, -0.25) is 4.90 Å². The number of aryl methyl sites for hydroxylation is 4. The lowest BCUT2D eigenvalue weighted by Gasteiger charge is -2.39. The van der Waals surface area contributed by atoms with Crippen molar-refractivity contribution in [2.75, 3.05) is 26.7 Å². The largest absolute Gasteiger partial charge is 0.496 e. The molecule has 0 aromatic heterocycles. The van der Waals surface area contributed by atoms with Crippen LogP contribution < -0.4 is 4.74 Å². The highest BCUT2D eigenvalue weighted by atomic mass is 16.5. The minimum atomic E-state index is 0.880. The van der Waals surface area contributed by atoms with E-state index in [4.69, 9.17) is 4.74 Å². The third-order valence-electron chi connectivity index (χ3n) is 6.93. The fourth-order valence-corrected chi connectivity index (χ4v) is 5.18. The van der Waals surface area contributed by atoms with E-state index < -0.39 is 0 Å². The molecular formula is C28H37NO. The zero-order valence-corrected chi connectivity index (χ0v) is 19.3. The minimum absolute atomic E-state index is 0.880. The van der Waals surface area contributed by atoms with Crippen molar-refractivity contribution in [3.05, 3.63) is 69.8 Å². The summed E-state index contributed by atoms with van der Waals surface area (Å²) in [7, 11) is 1.79. The van der Waals surface area contributed by atoms with Crippen LogP contribution >= 0.6 is 0 Å². The van der Waals surface area contributed by atoms with Gasteiger partial charge in [-0.2, -0.15) is 0 Å². The van der Waals surface area contributed by atoms with E-state index >= 15 is 0 Å². The van der Waals surface area contributed by atoms with Gasteiger partial charge in [0.1, 0.15) is 5.75 Å². The van der Waals surface area contributed by atoms with Gasteiger partial charge >= 0.3 is 0 Å². The molecule has 1 heterocycles. The van der Waals surface area contributed by atoms with Crippen LogP contribution in [0.25, 0.3) is 5.57 Å². The third-order valence-corrected chi connectivity index (χ3v) is 6.93. The monoisotopic (exact) mass is 403 g/mol. The molecule has 0 bridgehead atoms. The van der Waals surface area contributed by atoms with Crippen LogP contribution in [0.5, 0.6) is 5.75 Å². The molecule has 0 atom stereocenters. The van der Waals surface area contributed by atoms with Gasteiger partial charge in [0.15, 0.2) is 0 Å². The quantitative estimate of drug-likeness (QED) is 0.528. The molecule has 0 N–H and O–H groups in total. The van der Waals surface area contributed by atoms with Crippen LogP contribution in [0.1, 0.15) is 61.4 Å². The first-order chi connectivity index (χ1) is 14.6. The van der Waals surface area contributed by atoms with Crippen molar-refractivity contribution in [1.29, 1.82) is 0 Å². The summed E-state index contributed by atoms with van der Waals surface area (Å²) in [4.78, 5) is 2.60. The number of methoxy groups -OCH3 is 1. The Bertz CT molecular complexity index is 920. The van der Waals surface area contributed by atoms with Gasteiger partial charge in [0.2, 0.25) is 0 Å². The molecule has 2 aliphatic rings. The lowest BCUT2D eigenvalue weighted by Crippen LogP contribution is -2.46. The van der Waals surface area contributed by atoms with E-state index in [1.807, 2.05) is 0 Å². The number of rotatable bonds is 8. The average Bonchev–Trinajstić information content (AvgIpc) is 2.73. The fourth-order valence-electron chi connectivity index (χ4n) is 5.18. The predicted octanol–water partition coefficient (Wildman–Crippen LogP) is 6.10. The standard InChI is InChI=1S/C28H37NO/c1-5-6-22-7-10-24(28(16-22)30-4)11-8-23-9-14-27-21(3)26(13-12-25(27)15-23)19-29-17-20(2)18-29/h7,9-10,14-16,20H,5-6,8,11-13,17-19H2,1-4H3. The summed E-state index contributed by atoms with van der Waals surface area (Å²) in [5, 5.41) is 0. The van der Waals surface area contributed by atoms with E-state index in [2.05, 4.69) is 62.1 Å². The van der Waals surface area contributed by atoms with Gasteiger partial charge < -0.3 is 4.74 Å². The van der Waals surface area contributed by atoms with E-state index in [0.717, 1.165) is 30.9 Å². The number of ether oxygens (including phenoxy) is 1. The van der Waals surface area contributed by atoms with Crippen LogP contribution in [0.2, 0.25) is 0 Å². The van der Waals surface area contributed by atoms with Gasteiger partial charge in [-0.05, 0) is 84.4 Å². The molecule has 0 radical (unpaired) electrons. The Balaban J connectivity index is 1.43. The van der Waals surface area contributed by atoms with Crippen molar-refractivity contribution in [2.24, 2.45) is 5.92 Å². The van der Waals surface area contributed by atoms with E-state index in [1.165, 1.54) is 72.3 Å². The molecule has 0 saturated carbocycles. The molecule has 4 rings (SSSR count). The van der Waals surface area contributed by atoms with Gasteiger partial charge in [0, 0.05) is 19.6 Å². The first-order valence-electron chi connectivity index (χ1n) is 11.8. The van der Waals surface area contributed by atoms with Crippen molar-refractivity contribution in [3.8, 4) is 5.75 Å². The Morgan fingerprint density at radius 2 is 1.73 bits per heavy atom. The molecule has 0 spiro atoms. The van der Waals surface area contributed by atoms with E-state index in [1.54, 1.807) is 12.7 Å². The van der Waals surface area contributed by atoms with Crippen molar-refractivity contribution in [2.45, 2.75) is 59.3 Å².